The Hall–Kier alpha value is -2.34. The minimum atomic E-state index is -3.79. The van der Waals surface area contributed by atoms with Crippen LogP contribution in [0.2, 0.25) is 0 Å². The van der Waals surface area contributed by atoms with Crippen LogP contribution in [-0.2, 0) is 10.0 Å². The summed E-state index contributed by atoms with van der Waals surface area (Å²) < 4.78 is 28.6. The van der Waals surface area contributed by atoms with E-state index < -0.39 is 10.0 Å². The van der Waals surface area contributed by atoms with Crippen molar-refractivity contribution in [2.45, 2.75) is 51.3 Å². The van der Waals surface area contributed by atoms with Gasteiger partial charge in [0.2, 0.25) is 0 Å². The fraction of sp³-hybridized carbons (Fsp3) is 0.409. The summed E-state index contributed by atoms with van der Waals surface area (Å²) in [5.41, 5.74) is 3.68. The van der Waals surface area contributed by atoms with Crippen molar-refractivity contribution in [3.63, 3.8) is 0 Å². The van der Waals surface area contributed by atoms with Crippen molar-refractivity contribution >= 4 is 21.6 Å². The number of likely N-dealkylation sites (tertiary alicyclic amines) is 1. The molecule has 1 fully saturated rings. The molecule has 1 aliphatic rings. The van der Waals surface area contributed by atoms with Gasteiger partial charge in [-0.05, 0) is 74.6 Å². The predicted octanol–water partition coefficient (Wildman–Crippen LogP) is 4.43. The molecule has 6 heteroatoms. The van der Waals surface area contributed by atoms with Crippen LogP contribution >= 0.6 is 0 Å². The van der Waals surface area contributed by atoms with Crippen LogP contribution in [0.1, 0.15) is 52.7 Å². The van der Waals surface area contributed by atoms with Gasteiger partial charge in [0.25, 0.3) is 15.9 Å². The van der Waals surface area contributed by atoms with E-state index in [-0.39, 0.29) is 10.8 Å². The fourth-order valence-electron chi connectivity index (χ4n) is 3.49. The van der Waals surface area contributed by atoms with E-state index in [9.17, 15) is 13.2 Å². The number of amides is 1. The molecule has 0 aromatic heterocycles. The summed E-state index contributed by atoms with van der Waals surface area (Å²) in [6.45, 7) is 7.13. The Morgan fingerprint density at radius 1 is 0.857 bits per heavy atom. The summed E-state index contributed by atoms with van der Waals surface area (Å²) in [5.74, 6) is -0.0930. The van der Waals surface area contributed by atoms with E-state index in [1.165, 1.54) is 6.07 Å². The van der Waals surface area contributed by atoms with Gasteiger partial charge in [-0.3, -0.25) is 9.52 Å². The van der Waals surface area contributed by atoms with Gasteiger partial charge in [0.15, 0.2) is 0 Å². The number of anilines is 1. The minimum absolute atomic E-state index is 0.0930. The number of rotatable bonds is 4. The molecule has 0 unspecified atom stereocenters. The van der Waals surface area contributed by atoms with Crippen LogP contribution in [0, 0.1) is 20.8 Å². The molecule has 28 heavy (non-hydrogen) atoms. The molecule has 0 spiro atoms. The second-order valence-corrected chi connectivity index (χ2v) is 9.24. The van der Waals surface area contributed by atoms with Crippen LogP contribution in [0.5, 0.6) is 0 Å². The number of nitrogens with zero attached hydrogens (tertiary/aromatic N) is 1. The molecule has 0 saturated carbocycles. The van der Waals surface area contributed by atoms with Gasteiger partial charge in [-0.1, -0.05) is 25.0 Å². The minimum Gasteiger partial charge on any atom is -0.339 e. The van der Waals surface area contributed by atoms with Crippen molar-refractivity contribution < 1.29 is 13.2 Å². The molecule has 0 atom stereocenters. The first kappa shape index (κ1) is 20.4. The third-order valence-corrected chi connectivity index (χ3v) is 6.90. The molecule has 1 heterocycles. The number of hydrogen-bond donors (Lipinski definition) is 1. The maximum absolute atomic E-state index is 13.0. The zero-order valence-corrected chi connectivity index (χ0v) is 17.6. The zero-order valence-electron chi connectivity index (χ0n) is 16.8. The van der Waals surface area contributed by atoms with Crippen molar-refractivity contribution in [2.24, 2.45) is 0 Å². The summed E-state index contributed by atoms with van der Waals surface area (Å²) in [7, 11) is -3.79. The van der Waals surface area contributed by atoms with Gasteiger partial charge in [0, 0.05) is 24.3 Å². The van der Waals surface area contributed by atoms with E-state index >= 15 is 0 Å². The summed E-state index contributed by atoms with van der Waals surface area (Å²) in [6.07, 6.45) is 4.27. The van der Waals surface area contributed by atoms with Crippen LogP contribution in [0.15, 0.2) is 41.3 Å². The zero-order chi connectivity index (χ0) is 20.3. The molecule has 2 aromatic rings. The molecule has 5 nitrogen and oxygen atoms in total. The average Bonchev–Trinajstić information content (AvgIpc) is 2.93. The van der Waals surface area contributed by atoms with Crippen LogP contribution in [0.3, 0.4) is 0 Å². The standard InChI is InChI=1S/C22H28N2O3S/c1-16-9-11-20(14-18(16)3)23-28(26,27)21-15-19(10-8-17(21)2)22(25)24-12-6-4-5-7-13-24/h8-11,14-15,23H,4-7,12-13H2,1-3H3. The number of carbonyl (C=O) groups is 1. The lowest BCUT2D eigenvalue weighted by Crippen LogP contribution is -2.32. The molecule has 3 rings (SSSR count). The smallest absolute Gasteiger partial charge is 0.262 e. The highest BCUT2D eigenvalue weighted by Crippen LogP contribution is 2.23. The molecule has 0 aliphatic carbocycles. The quantitative estimate of drug-likeness (QED) is 0.826. The molecule has 1 N–H and O–H groups in total. The van der Waals surface area contributed by atoms with Gasteiger partial charge in [-0.2, -0.15) is 0 Å². The largest absolute Gasteiger partial charge is 0.339 e. The molecular weight excluding hydrogens is 372 g/mol. The highest BCUT2D eigenvalue weighted by atomic mass is 32.2. The molecule has 1 aliphatic heterocycles. The fourth-order valence-corrected chi connectivity index (χ4v) is 4.82. The van der Waals surface area contributed by atoms with E-state index in [1.807, 2.05) is 30.9 Å². The SMILES string of the molecule is Cc1ccc(NS(=O)(=O)c2cc(C(=O)N3CCCCCC3)ccc2C)cc1C. The lowest BCUT2D eigenvalue weighted by molar-refractivity contribution is 0.0761. The number of aryl methyl sites for hydroxylation is 3. The topological polar surface area (TPSA) is 66.5 Å². The van der Waals surface area contributed by atoms with E-state index in [4.69, 9.17) is 0 Å². The third-order valence-electron chi connectivity index (χ3n) is 5.38. The van der Waals surface area contributed by atoms with Crippen molar-refractivity contribution in [3.8, 4) is 0 Å². The lowest BCUT2D eigenvalue weighted by Gasteiger charge is -2.21. The van der Waals surface area contributed by atoms with Crippen molar-refractivity contribution in [1.29, 1.82) is 0 Å². The highest BCUT2D eigenvalue weighted by molar-refractivity contribution is 7.92. The first-order valence-electron chi connectivity index (χ1n) is 9.78. The maximum Gasteiger partial charge on any atom is 0.262 e. The van der Waals surface area contributed by atoms with Crippen LogP contribution in [0.25, 0.3) is 0 Å². The Morgan fingerprint density at radius 3 is 2.14 bits per heavy atom. The predicted molar refractivity (Wildman–Crippen MR) is 112 cm³/mol. The van der Waals surface area contributed by atoms with Gasteiger partial charge in [0.05, 0.1) is 4.90 Å². The molecule has 0 radical (unpaired) electrons. The van der Waals surface area contributed by atoms with Crippen molar-refractivity contribution in [2.75, 3.05) is 17.8 Å². The molecule has 1 saturated heterocycles. The number of hydrogen-bond acceptors (Lipinski definition) is 3. The van der Waals surface area contributed by atoms with E-state index in [1.54, 1.807) is 25.1 Å². The van der Waals surface area contributed by atoms with E-state index in [2.05, 4.69) is 4.72 Å². The van der Waals surface area contributed by atoms with Crippen LogP contribution in [0.4, 0.5) is 5.69 Å². The normalized spacial score (nSPS) is 15.2. The monoisotopic (exact) mass is 400 g/mol. The van der Waals surface area contributed by atoms with Gasteiger partial charge in [0.1, 0.15) is 0 Å². The first-order valence-corrected chi connectivity index (χ1v) is 11.3. The second-order valence-electron chi connectivity index (χ2n) is 7.59. The molecule has 1 amide bonds. The third kappa shape index (κ3) is 4.55. The molecule has 2 aromatic carbocycles. The molecular formula is C22H28N2O3S. The van der Waals surface area contributed by atoms with Gasteiger partial charge < -0.3 is 4.90 Å². The van der Waals surface area contributed by atoms with Crippen LogP contribution in [-0.4, -0.2) is 32.3 Å². The van der Waals surface area contributed by atoms with Crippen molar-refractivity contribution in [1.82, 2.24) is 4.90 Å². The summed E-state index contributed by atoms with van der Waals surface area (Å²) in [4.78, 5) is 14.9. The number of carbonyl (C=O) groups excluding carboxylic acids is 1. The van der Waals surface area contributed by atoms with E-state index in [0.29, 0.717) is 16.8 Å². The van der Waals surface area contributed by atoms with Gasteiger partial charge >= 0.3 is 0 Å². The Labute approximate surface area is 167 Å². The first-order chi connectivity index (χ1) is 13.3. The van der Waals surface area contributed by atoms with Gasteiger partial charge in [-0.25, -0.2) is 8.42 Å². The summed E-state index contributed by atoms with van der Waals surface area (Å²) >= 11 is 0. The second kappa shape index (κ2) is 8.35. The number of sulfonamides is 1. The highest BCUT2D eigenvalue weighted by Gasteiger charge is 2.22. The maximum atomic E-state index is 13.0. The summed E-state index contributed by atoms with van der Waals surface area (Å²) in [5, 5.41) is 0. The van der Waals surface area contributed by atoms with Crippen LogP contribution < -0.4 is 4.72 Å². The van der Waals surface area contributed by atoms with Crippen molar-refractivity contribution in [3.05, 3.63) is 58.7 Å². The number of benzene rings is 2. The number of nitrogens with one attached hydrogen (secondary N) is 1. The Morgan fingerprint density at radius 2 is 1.50 bits per heavy atom. The average molecular weight is 401 g/mol. The lowest BCUT2D eigenvalue weighted by atomic mass is 10.1. The Balaban J connectivity index is 1.89. The Kier molecular flexibility index (Phi) is 6.08. The molecule has 0 bridgehead atoms. The molecule has 150 valence electrons. The summed E-state index contributed by atoms with van der Waals surface area (Å²) in [6, 6.07) is 10.4. The Bertz CT molecular complexity index is 975. The van der Waals surface area contributed by atoms with E-state index in [0.717, 1.165) is 49.9 Å². The van der Waals surface area contributed by atoms with Gasteiger partial charge in [-0.15, -0.1) is 0 Å².